The van der Waals surface area contributed by atoms with E-state index >= 15 is 0 Å². The minimum atomic E-state index is -0.414. The van der Waals surface area contributed by atoms with Crippen LogP contribution in [0.2, 0.25) is 0 Å². The second kappa shape index (κ2) is 9.61. The molecule has 2 N–H and O–H groups in total. The predicted octanol–water partition coefficient (Wildman–Crippen LogP) is 3.38. The van der Waals surface area contributed by atoms with Crippen LogP contribution in [0, 0.1) is 29.6 Å². The van der Waals surface area contributed by atoms with Gasteiger partial charge >= 0.3 is 0 Å². The molecule has 0 saturated carbocycles. The molecule has 0 aliphatic heterocycles. The Hall–Kier alpha value is -3.64. The van der Waals surface area contributed by atoms with Crippen molar-refractivity contribution in [3.8, 4) is 12.1 Å². The lowest BCUT2D eigenvalue weighted by Crippen LogP contribution is -2.19. The lowest BCUT2D eigenvalue weighted by atomic mass is 10.0. The molecule has 0 aliphatic carbocycles. The summed E-state index contributed by atoms with van der Waals surface area (Å²) in [5.41, 5.74) is 2.34. The molecule has 2 amide bonds. The molecule has 0 heterocycles. The van der Waals surface area contributed by atoms with Gasteiger partial charge in [-0.3, -0.25) is 9.59 Å². The second-order valence-electron chi connectivity index (χ2n) is 5.05. The van der Waals surface area contributed by atoms with E-state index in [1.54, 1.807) is 25.1 Å². The van der Waals surface area contributed by atoms with Crippen molar-refractivity contribution in [2.75, 3.05) is 12.4 Å². The number of amides is 2. The molecule has 2 aromatic carbocycles. The molecule has 0 spiro atoms. The lowest BCUT2D eigenvalue weighted by Gasteiger charge is -2.10. The van der Waals surface area contributed by atoms with Crippen LogP contribution in [0.25, 0.3) is 0 Å². The number of rotatable bonds is 3. The summed E-state index contributed by atoms with van der Waals surface area (Å²) < 4.78 is 0. The zero-order chi connectivity index (χ0) is 19.7. The average Bonchev–Trinajstić information content (AvgIpc) is 2.68. The summed E-state index contributed by atoms with van der Waals surface area (Å²) in [4.78, 5) is 24.2. The summed E-state index contributed by atoms with van der Waals surface area (Å²) in [5.74, 6) is -0.730. The number of hydrogen-bond acceptors (Lipinski definition) is 4. The number of nitrogens with zero attached hydrogens (tertiary/aromatic N) is 2. The minimum Gasteiger partial charge on any atom is -0.355 e. The van der Waals surface area contributed by atoms with Crippen LogP contribution < -0.4 is 10.6 Å². The molecule has 6 heteroatoms. The maximum Gasteiger partial charge on any atom is 0.255 e. The Morgan fingerprint density at radius 1 is 0.962 bits per heavy atom. The maximum absolute atomic E-state index is 12.4. The van der Waals surface area contributed by atoms with E-state index in [9.17, 15) is 14.9 Å². The van der Waals surface area contributed by atoms with Crippen molar-refractivity contribution < 1.29 is 9.59 Å². The zero-order valence-electron chi connectivity index (χ0n) is 15.2. The van der Waals surface area contributed by atoms with Crippen molar-refractivity contribution in [2.45, 2.75) is 20.8 Å². The molecular formula is C20H20N4O2. The van der Waals surface area contributed by atoms with Crippen LogP contribution in [0.3, 0.4) is 0 Å². The fourth-order valence-corrected chi connectivity index (χ4v) is 2.21. The SMILES string of the molecule is CC.CNC(=O)c1ccc(C#N)c(NC(=O)c2ccc(C#N)cc2C)c1. The highest BCUT2D eigenvalue weighted by Crippen LogP contribution is 2.19. The van der Waals surface area contributed by atoms with Gasteiger partial charge in [0.2, 0.25) is 0 Å². The fourth-order valence-electron chi connectivity index (χ4n) is 2.21. The van der Waals surface area contributed by atoms with Crippen molar-refractivity contribution in [3.05, 3.63) is 64.2 Å². The number of nitriles is 2. The molecule has 0 radical (unpaired) electrons. The Morgan fingerprint density at radius 3 is 2.19 bits per heavy atom. The monoisotopic (exact) mass is 348 g/mol. The number of hydrogen-bond donors (Lipinski definition) is 2. The van der Waals surface area contributed by atoms with Gasteiger partial charge in [-0.1, -0.05) is 13.8 Å². The summed E-state index contributed by atoms with van der Waals surface area (Å²) in [6.07, 6.45) is 0. The Morgan fingerprint density at radius 2 is 1.65 bits per heavy atom. The molecule has 0 aliphatic rings. The van der Waals surface area contributed by atoms with Crippen molar-refractivity contribution in [2.24, 2.45) is 0 Å². The smallest absolute Gasteiger partial charge is 0.255 e. The molecule has 0 aromatic heterocycles. The van der Waals surface area contributed by atoms with Gasteiger partial charge in [-0.05, 0) is 48.9 Å². The van der Waals surface area contributed by atoms with Crippen molar-refractivity contribution in [3.63, 3.8) is 0 Å². The fraction of sp³-hybridized carbons (Fsp3) is 0.200. The predicted molar refractivity (Wildman–Crippen MR) is 99.7 cm³/mol. The van der Waals surface area contributed by atoms with Gasteiger partial charge in [0.1, 0.15) is 6.07 Å². The van der Waals surface area contributed by atoms with Crippen molar-refractivity contribution in [1.82, 2.24) is 5.32 Å². The highest BCUT2D eigenvalue weighted by molar-refractivity contribution is 6.06. The third-order valence-electron chi connectivity index (χ3n) is 3.48. The van der Waals surface area contributed by atoms with Gasteiger partial charge in [0.15, 0.2) is 0 Å². The highest BCUT2D eigenvalue weighted by atomic mass is 16.2. The van der Waals surface area contributed by atoms with Crippen LogP contribution in [0.4, 0.5) is 5.69 Å². The first-order chi connectivity index (χ1) is 12.5. The Bertz CT molecular complexity index is 905. The largest absolute Gasteiger partial charge is 0.355 e. The van der Waals surface area contributed by atoms with Gasteiger partial charge in [0, 0.05) is 18.2 Å². The topological polar surface area (TPSA) is 106 Å². The van der Waals surface area contributed by atoms with Crippen molar-refractivity contribution in [1.29, 1.82) is 10.5 Å². The first-order valence-corrected chi connectivity index (χ1v) is 8.08. The molecule has 0 saturated heterocycles. The molecule has 6 nitrogen and oxygen atoms in total. The van der Waals surface area contributed by atoms with Crippen molar-refractivity contribution >= 4 is 17.5 Å². The molecule has 0 bridgehead atoms. The molecule has 26 heavy (non-hydrogen) atoms. The maximum atomic E-state index is 12.4. The van der Waals surface area contributed by atoms with Crippen LogP contribution >= 0.6 is 0 Å². The third-order valence-corrected chi connectivity index (χ3v) is 3.48. The van der Waals surface area contributed by atoms with E-state index < -0.39 is 5.91 Å². The number of anilines is 1. The normalized spacial score (nSPS) is 9.00. The number of carbonyl (C=O) groups excluding carboxylic acids is 2. The molecular weight excluding hydrogens is 328 g/mol. The Kier molecular flexibility index (Phi) is 7.54. The molecule has 0 fully saturated rings. The van der Waals surface area contributed by atoms with E-state index in [1.807, 2.05) is 26.0 Å². The minimum absolute atomic E-state index is 0.252. The molecule has 2 rings (SSSR count). The molecule has 0 atom stereocenters. The molecule has 0 unspecified atom stereocenters. The summed E-state index contributed by atoms with van der Waals surface area (Å²) in [5, 5.41) is 23.2. The van der Waals surface area contributed by atoms with Gasteiger partial charge in [0.05, 0.1) is 22.9 Å². The van der Waals surface area contributed by atoms with Crippen LogP contribution in [-0.4, -0.2) is 18.9 Å². The standard InChI is InChI=1S/C18H14N4O2.C2H6/c1-11-7-12(9-19)3-6-15(11)18(24)22-16-8-13(17(23)21-2)4-5-14(16)10-20;1-2/h3-8H,1-2H3,(H,21,23)(H,22,24);1-2H3. The van der Waals surface area contributed by atoms with Gasteiger partial charge in [-0.15, -0.1) is 0 Å². The summed E-state index contributed by atoms with van der Waals surface area (Å²) in [7, 11) is 1.50. The van der Waals surface area contributed by atoms with Crippen LogP contribution in [-0.2, 0) is 0 Å². The Labute approximate surface area is 153 Å². The molecule has 132 valence electrons. The Balaban J connectivity index is 0.00000163. The number of benzene rings is 2. The second-order valence-corrected chi connectivity index (χ2v) is 5.05. The van der Waals surface area contributed by atoms with Crippen LogP contribution in [0.5, 0.6) is 0 Å². The number of carbonyl (C=O) groups is 2. The first-order valence-electron chi connectivity index (χ1n) is 8.08. The van der Waals surface area contributed by atoms with Gasteiger partial charge in [-0.25, -0.2) is 0 Å². The van der Waals surface area contributed by atoms with E-state index in [4.69, 9.17) is 5.26 Å². The molecule has 2 aromatic rings. The van der Waals surface area contributed by atoms with E-state index in [0.29, 0.717) is 22.3 Å². The van der Waals surface area contributed by atoms with E-state index in [0.717, 1.165) is 0 Å². The van der Waals surface area contributed by atoms with E-state index in [2.05, 4.69) is 10.6 Å². The third kappa shape index (κ3) is 4.68. The lowest BCUT2D eigenvalue weighted by molar-refractivity contribution is 0.0961. The summed E-state index contributed by atoms with van der Waals surface area (Å²) in [6.45, 7) is 5.72. The van der Waals surface area contributed by atoms with Gasteiger partial charge < -0.3 is 10.6 Å². The summed E-state index contributed by atoms with van der Waals surface area (Å²) >= 11 is 0. The number of aryl methyl sites for hydroxylation is 1. The zero-order valence-corrected chi connectivity index (χ0v) is 15.2. The first kappa shape index (κ1) is 20.4. The van der Waals surface area contributed by atoms with Gasteiger partial charge in [-0.2, -0.15) is 10.5 Å². The average molecular weight is 348 g/mol. The highest BCUT2D eigenvalue weighted by Gasteiger charge is 2.14. The van der Waals surface area contributed by atoms with E-state index in [1.165, 1.54) is 25.2 Å². The quantitative estimate of drug-likeness (QED) is 0.887. The van der Waals surface area contributed by atoms with E-state index in [-0.39, 0.29) is 17.2 Å². The summed E-state index contributed by atoms with van der Waals surface area (Å²) in [6, 6.07) is 13.1. The van der Waals surface area contributed by atoms with Gasteiger partial charge in [0.25, 0.3) is 11.8 Å². The van der Waals surface area contributed by atoms with Crippen LogP contribution in [0.1, 0.15) is 51.3 Å². The van der Waals surface area contributed by atoms with Crippen LogP contribution in [0.15, 0.2) is 36.4 Å². The number of nitrogens with one attached hydrogen (secondary N) is 2.